The zero-order chi connectivity index (χ0) is 12.7. The smallest absolute Gasteiger partial charge is 0.323 e. The van der Waals surface area contributed by atoms with E-state index >= 15 is 0 Å². The molecule has 0 fully saturated rings. The number of nitrogens with two attached hydrogens (primary N) is 1. The molecule has 0 aliphatic carbocycles. The van der Waals surface area contributed by atoms with Crippen LogP contribution in [-0.2, 0) is 9.59 Å². The lowest BCUT2D eigenvalue weighted by atomic mass is 10.3. The summed E-state index contributed by atoms with van der Waals surface area (Å²) in [5.41, 5.74) is 2.25. The van der Waals surface area contributed by atoms with Crippen molar-refractivity contribution in [1.82, 2.24) is 5.43 Å². The van der Waals surface area contributed by atoms with E-state index in [1.165, 1.54) is 0 Å². The average molecular weight is 237 g/mol. The Morgan fingerprint density at radius 1 is 1.24 bits per heavy atom. The Morgan fingerprint density at radius 2 is 1.88 bits per heavy atom. The van der Waals surface area contributed by atoms with Gasteiger partial charge in [0, 0.05) is 5.69 Å². The van der Waals surface area contributed by atoms with Gasteiger partial charge in [-0.25, -0.2) is 5.84 Å². The van der Waals surface area contributed by atoms with Crippen molar-refractivity contribution in [2.45, 2.75) is 13.3 Å². The fourth-order valence-corrected chi connectivity index (χ4v) is 1.11. The minimum absolute atomic E-state index is 0.502. The Hall–Kier alpha value is -2.08. The SMILES string of the molecule is CCCOc1ccc(NC(=O)C(=O)NN)cc1. The molecule has 0 heterocycles. The predicted molar refractivity (Wildman–Crippen MR) is 63.2 cm³/mol. The predicted octanol–water partition coefficient (Wildman–Crippen LogP) is 0.404. The topological polar surface area (TPSA) is 93.4 Å². The van der Waals surface area contributed by atoms with Crippen molar-refractivity contribution in [2.24, 2.45) is 5.84 Å². The molecule has 2 amide bonds. The number of rotatable bonds is 4. The first-order chi connectivity index (χ1) is 8.17. The van der Waals surface area contributed by atoms with Gasteiger partial charge in [0.15, 0.2) is 0 Å². The number of nitrogens with one attached hydrogen (secondary N) is 2. The molecule has 0 radical (unpaired) electrons. The third kappa shape index (κ3) is 4.12. The lowest BCUT2D eigenvalue weighted by molar-refractivity contribution is -0.136. The van der Waals surface area contributed by atoms with E-state index in [1.807, 2.05) is 6.92 Å². The summed E-state index contributed by atoms with van der Waals surface area (Å²) in [6.07, 6.45) is 0.926. The number of hydrazine groups is 1. The van der Waals surface area contributed by atoms with Crippen LogP contribution in [0.2, 0.25) is 0 Å². The lowest BCUT2D eigenvalue weighted by Crippen LogP contribution is -2.39. The van der Waals surface area contributed by atoms with Gasteiger partial charge in [-0.05, 0) is 30.7 Å². The van der Waals surface area contributed by atoms with Gasteiger partial charge in [0.2, 0.25) is 0 Å². The van der Waals surface area contributed by atoms with Crippen LogP contribution in [0.1, 0.15) is 13.3 Å². The normalized spacial score (nSPS) is 9.53. The number of ether oxygens (including phenoxy) is 1. The van der Waals surface area contributed by atoms with Crippen LogP contribution in [0.4, 0.5) is 5.69 Å². The highest BCUT2D eigenvalue weighted by Gasteiger charge is 2.11. The van der Waals surface area contributed by atoms with Crippen LogP contribution in [0.3, 0.4) is 0 Å². The molecule has 0 saturated heterocycles. The molecular weight excluding hydrogens is 222 g/mol. The van der Waals surface area contributed by atoms with Gasteiger partial charge >= 0.3 is 11.8 Å². The van der Waals surface area contributed by atoms with Crippen molar-refractivity contribution in [3.63, 3.8) is 0 Å². The largest absolute Gasteiger partial charge is 0.494 e. The Balaban J connectivity index is 2.56. The second-order valence-electron chi connectivity index (χ2n) is 3.30. The van der Waals surface area contributed by atoms with E-state index in [2.05, 4.69) is 5.32 Å². The van der Waals surface area contributed by atoms with Gasteiger partial charge in [-0.15, -0.1) is 0 Å². The minimum atomic E-state index is -0.892. The first-order valence-corrected chi connectivity index (χ1v) is 5.22. The third-order valence-corrected chi connectivity index (χ3v) is 1.92. The van der Waals surface area contributed by atoms with E-state index in [9.17, 15) is 9.59 Å². The van der Waals surface area contributed by atoms with Crippen molar-refractivity contribution in [3.05, 3.63) is 24.3 Å². The van der Waals surface area contributed by atoms with Gasteiger partial charge in [-0.2, -0.15) is 0 Å². The maximum Gasteiger partial charge on any atom is 0.323 e. The Kier molecular flexibility index (Phi) is 4.96. The number of carbonyl (C=O) groups excluding carboxylic acids is 2. The minimum Gasteiger partial charge on any atom is -0.494 e. The monoisotopic (exact) mass is 237 g/mol. The van der Waals surface area contributed by atoms with Crippen LogP contribution in [0.15, 0.2) is 24.3 Å². The quantitative estimate of drug-likeness (QED) is 0.306. The molecule has 6 nitrogen and oxygen atoms in total. The number of anilines is 1. The number of amides is 2. The summed E-state index contributed by atoms with van der Waals surface area (Å²) in [5.74, 6) is 3.84. The first-order valence-electron chi connectivity index (χ1n) is 5.22. The summed E-state index contributed by atoms with van der Waals surface area (Å²) in [5, 5.41) is 2.39. The standard InChI is InChI=1S/C11H15N3O3/c1-2-7-17-9-5-3-8(4-6-9)13-10(15)11(16)14-12/h3-6H,2,7,12H2,1H3,(H,13,15)(H,14,16). The summed E-state index contributed by atoms with van der Waals surface area (Å²) in [7, 11) is 0. The summed E-state index contributed by atoms with van der Waals surface area (Å²) in [6, 6.07) is 6.72. The molecule has 1 aromatic carbocycles. The van der Waals surface area contributed by atoms with E-state index in [0.717, 1.165) is 6.42 Å². The highest BCUT2D eigenvalue weighted by atomic mass is 16.5. The second kappa shape index (κ2) is 6.49. The summed E-state index contributed by atoms with van der Waals surface area (Å²) < 4.78 is 5.37. The van der Waals surface area contributed by atoms with Crippen LogP contribution in [0.25, 0.3) is 0 Å². The molecule has 17 heavy (non-hydrogen) atoms. The zero-order valence-corrected chi connectivity index (χ0v) is 9.53. The molecule has 1 aromatic rings. The van der Waals surface area contributed by atoms with Crippen LogP contribution in [-0.4, -0.2) is 18.4 Å². The maximum absolute atomic E-state index is 11.2. The van der Waals surface area contributed by atoms with E-state index < -0.39 is 11.8 Å². The molecule has 1 rings (SSSR count). The molecular formula is C11H15N3O3. The first kappa shape index (κ1) is 13.0. The molecule has 0 spiro atoms. The summed E-state index contributed by atoms with van der Waals surface area (Å²) >= 11 is 0. The molecule has 0 aliphatic rings. The van der Waals surface area contributed by atoms with Gasteiger partial charge in [0.1, 0.15) is 5.75 Å². The van der Waals surface area contributed by atoms with Gasteiger partial charge in [-0.1, -0.05) is 6.92 Å². The molecule has 0 aliphatic heterocycles. The number of hydrogen-bond acceptors (Lipinski definition) is 4. The number of hydrogen-bond donors (Lipinski definition) is 3. The highest BCUT2D eigenvalue weighted by Crippen LogP contribution is 2.15. The summed E-state index contributed by atoms with van der Waals surface area (Å²) in [6.45, 7) is 2.65. The third-order valence-electron chi connectivity index (χ3n) is 1.92. The fourth-order valence-electron chi connectivity index (χ4n) is 1.11. The van der Waals surface area contributed by atoms with Crippen LogP contribution in [0.5, 0.6) is 5.75 Å². The van der Waals surface area contributed by atoms with Gasteiger partial charge in [0.05, 0.1) is 6.61 Å². The van der Waals surface area contributed by atoms with Crippen LogP contribution < -0.4 is 21.3 Å². The van der Waals surface area contributed by atoms with Crippen molar-refractivity contribution in [1.29, 1.82) is 0 Å². The van der Waals surface area contributed by atoms with Gasteiger partial charge < -0.3 is 10.1 Å². The Morgan fingerprint density at radius 3 is 2.41 bits per heavy atom. The molecule has 4 N–H and O–H groups in total. The molecule has 0 saturated carbocycles. The summed E-state index contributed by atoms with van der Waals surface area (Å²) in [4.78, 5) is 22.0. The molecule has 0 atom stereocenters. The Bertz CT molecular complexity index is 389. The average Bonchev–Trinajstić information content (AvgIpc) is 2.37. The van der Waals surface area contributed by atoms with Crippen molar-refractivity contribution >= 4 is 17.5 Å². The lowest BCUT2D eigenvalue weighted by Gasteiger charge is -2.06. The van der Waals surface area contributed by atoms with Crippen LogP contribution >= 0.6 is 0 Å². The highest BCUT2D eigenvalue weighted by molar-refractivity contribution is 6.39. The second-order valence-corrected chi connectivity index (χ2v) is 3.30. The maximum atomic E-state index is 11.2. The van der Waals surface area contributed by atoms with Crippen LogP contribution in [0, 0.1) is 0 Å². The van der Waals surface area contributed by atoms with Crippen molar-refractivity contribution in [2.75, 3.05) is 11.9 Å². The van der Waals surface area contributed by atoms with Crippen molar-refractivity contribution < 1.29 is 14.3 Å². The van der Waals surface area contributed by atoms with E-state index in [4.69, 9.17) is 10.6 Å². The number of benzene rings is 1. The molecule has 0 unspecified atom stereocenters. The van der Waals surface area contributed by atoms with E-state index in [1.54, 1.807) is 29.7 Å². The van der Waals surface area contributed by atoms with Crippen molar-refractivity contribution in [3.8, 4) is 5.75 Å². The zero-order valence-electron chi connectivity index (χ0n) is 9.53. The van der Waals surface area contributed by atoms with Gasteiger partial charge in [0.25, 0.3) is 0 Å². The molecule has 0 aromatic heterocycles. The molecule has 6 heteroatoms. The van der Waals surface area contributed by atoms with Gasteiger partial charge in [-0.3, -0.25) is 15.0 Å². The van der Waals surface area contributed by atoms with E-state index in [-0.39, 0.29) is 0 Å². The fraction of sp³-hybridized carbons (Fsp3) is 0.273. The van der Waals surface area contributed by atoms with E-state index in [0.29, 0.717) is 18.0 Å². The molecule has 92 valence electrons. The Labute approximate surface area is 99.1 Å². The number of carbonyl (C=O) groups is 2. The molecule has 0 bridgehead atoms.